The summed E-state index contributed by atoms with van der Waals surface area (Å²) in [7, 11) is 1.64. The molecule has 0 radical (unpaired) electrons. The Kier molecular flexibility index (Phi) is 5.43. The number of hydrogen-bond donors (Lipinski definition) is 2. The van der Waals surface area contributed by atoms with Gasteiger partial charge in [-0.1, -0.05) is 6.42 Å². The van der Waals surface area contributed by atoms with Crippen LogP contribution in [0, 0.1) is 5.92 Å². The zero-order valence-electron chi connectivity index (χ0n) is 15.9. The highest BCUT2D eigenvalue weighted by Crippen LogP contribution is 2.30. The maximum atomic E-state index is 12.8. The SMILES string of the molecule is COc1ccc(-c2[nH]ncc2C(=O)NCC2CCCN3CCCCC23)cc1. The molecule has 6 heteroatoms. The zero-order valence-corrected chi connectivity index (χ0v) is 15.9. The van der Waals surface area contributed by atoms with Crippen LogP contribution in [0.3, 0.4) is 0 Å². The molecule has 6 nitrogen and oxygen atoms in total. The van der Waals surface area contributed by atoms with Crippen molar-refractivity contribution in [3.05, 3.63) is 36.0 Å². The van der Waals surface area contributed by atoms with Gasteiger partial charge in [0.05, 0.1) is 24.6 Å². The highest BCUT2D eigenvalue weighted by molar-refractivity contribution is 5.99. The van der Waals surface area contributed by atoms with Crippen molar-refractivity contribution in [2.24, 2.45) is 5.92 Å². The van der Waals surface area contributed by atoms with Crippen molar-refractivity contribution in [1.29, 1.82) is 0 Å². The molecular weight excluding hydrogens is 340 g/mol. The predicted octanol–water partition coefficient (Wildman–Crippen LogP) is 3.08. The van der Waals surface area contributed by atoms with Crippen molar-refractivity contribution in [1.82, 2.24) is 20.4 Å². The highest BCUT2D eigenvalue weighted by Gasteiger charge is 2.33. The third-order valence-electron chi connectivity index (χ3n) is 6.02. The van der Waals surface area contributed by atoms with E-state index in [0.717, 1.165) is 23.6 Å². The molecule has 0 spiro atoms. The number of rotatable bonds is 5. The van der Waals surface area contributed by atoms with E-state index in [1.54, 1.807) is 13.3 Å². The number of carbonyl (C=O) groups is 1. The maximum absolute atomic E-state index is 12.8. The van der Waals surface area contributed by atoms with Crippen LogP contribution in [0.5, 0.6) is 5.75 Å². The van der Waals surface area contributed by atoms with Gasteiger partial charge in [0.2, 0.25) is 0 Å². The normalized spacial score (nSPS) is 22.9. The molecule has 27 heavy (non-hydrogen) atoms. The van der Waals surface area contributed by atoms with Crippen LogP contribution in [-0.4, -0.2) is 53.8 Å². The van der Waals surface area contributed by atoms with Gasteiger partial charge in [-0.15, -0.1) is 0 Å². The van der Waals surface area contributed by atoms with Gasteiger partial charge in [0.1, 0.15) is 5.75 Å². The molecule has 2 fully saturated rings. The number of H-pyrrole nitrogens is 1. The van der Waals surface area contributed by atoms with Gasteiger partial charge >= 0.3 is 0 Å². The number of aromatic nitrogens is 2. The topological polar surface area (TPSA) is 70.2 Å². The molecule has 2 atom stereocenters. The minimum absolute atomic E-state index is 0.0532. The van der Waals surface area contributed by atoms with Crippen LogP contribution in [0.2, 0.25) is 0 Å². The maximum Gasteiger partial charge on any atom is 0.255 e. The van der Waals surface area contributed by atoms with Gasteiger partial charge in [-0.3, -0.25) is 9.89 Å². The Morgan fingerprint density at radius 2 is 2.04 bits per heavy atom. The molecule has 0 bridgehead atoms. The van der Waals surface area contributed by atoms with E-state index in [1.807, 2.05) is 24.3 Å². The molecule has 1 amide bonds. The Hall–Kier alpha value is -2.34. The van der Waals surface area contributed by atoms with Crippen molar-refractivity contribution < 1.29 is 9.53 Å². The second kappa shape index (κ2) is 8.13. The van der Waals surface area contributed by atoms with Gasteiger partial charge < -0.3 is 15.0 Å². The molecule has 3 heterocycles. The lowest BCUT2D eigenvalue weighted by atomic mass is 9.83. The number of piperidine rings is 2. The van der Waals surface area contributed by atoms with Crippen LogP contribution in [0.4, 0.5) is 0 Å². The number of nitrogens with zero attached hydrogens (tertiary/aromatic N) is 2. The van der Waals surface area contributed by atoms with Crippen LogP contribution in [0.1, 0.15) is 42.5 Å². The van der Waals surface area contributed by atoms with Crippen LogP contribution < -0.4 is 10.1 Å². The second-order valence-electron chi connectivity index (χ2n) is 7.60. The van der Waals surface area contributed by atoms with Crippen molar-refractivity contribution >= 4 is 5.91 Å². The Morgan fingerprint density at radius 1 is 1.22 bits per heavy atom. The number of amides is 1. The molecule has 2 unspecified atom stereocenters. The second-order valence-corrected chi connectivity index (χ2v) is 7.60. The number of methoxy groups -OCH3 is 1. The summed E-state index contributed by atoms with van der Waals surface area (Å²) in [6.07, 6.45) is 7.95. The monoisotopic (exact) mass is 368 g/mol. The average Bonchev–Trinajstić information content (AvgIpc) is 3.22. The molecule has 2 N–H and O–H groups in total. The lowest BCUT2D eigenvalue weighted by Gasteiger charge is -2.44. The molecule has 0 saturated carbocycles. The number of benzene rings is 1. The number of hydrogen-bond acceptors (Lipinski definition) is 4. The third kappa shape index (κ3) is 3.86. The van der Waals surface area contributed by atoms with E-state index >= 15 is 0 Å². The molecule has 4 rings (SSSR count). The standard InChI is InChI=1S/C21H28N4O2/c1-27-17-9-7-15(8-10-17)20-18(14-23-24-20)21(26)22-13-16-5-4-12-25-11-3-2-6-19(16)25/h7-10,14,16,19H,2-6,11-13H2,1H3,(H,22,26)(H,23,24). The van der Waals surface area contributed by atoms with Crippen LogP contribution in [-0.2, 0) is 0 Å². The summed E-state index contributed by atoms with van der Waals surface area (Å²) in [4.78, 5) is 15.4. The number of nitrogens with one attached hydrogen (secondary N) is 2. The largest absolute Gasteiger partial charge is 0.497 e. The van der Waals surface area contributed by atoms with Gasteiger partial charge in [0.25, 0.3) is 5.91 Å². The molecule has 2 saturated heterocycles. The third-order valence-corrected chi connectivity index (χ3v) is 6.02. The summed E-state index contributed by atoms with van der Waals surface area (Å²) in [5, 5.41) is 10.2. The van der Waals surface area contributed by atoms with E-state index in [4.69, 9.17) is 4.74 Å². The fourth-order valence-corrected chi connectivity index (χ4v) is 4.57. The summed E-state index contributed by atoms with van der Waals surface area (Å²) < 4.78 is 5.20. The quantitative estimate of drug-likeness (QED) is 0.851. The van der Waals surface area contributed by atoms with Crippen molar-refractivity contribution in [2.45, 2.75) is 38.1 Å². The lowest BCUT2D eigenvalue weighted by molar-refractivity contribution is 0.0576. The predicted molar refractivity (Wildman–Crippen MR) is 105 cm³/mol. The van der Waals surface area contributed by atoms with E-state index in [1.165, 1.54) is 45.2 Å². The Balaban J connectivity index is 1.42. The van der Waals surface area contributed by atoms with Crippen molar-refractivity contribution in [2.75, 3.05) is 26.7 Å². The van der Waals surface area contributed by atoms with E-state index < -0.39 is 0 Å². The number of ether oxygens (including phenoxy) is 1. The number of carbonyl (C=O) groups excluding carboxylic acids is 1. The Bertz CT molecular complexity index is 769. The molecule has 1 aromatic heterocycles. The molecular formula is C21H28N4O2. The summed E-state index contributed by atoms with van der Waals surface area (Å²) in [6, 6.07) is 8.28. The number of fused-ring (bicyclic) bond motifs is 1. The van der Waals surface area contributed by atoms with Crippen LogP contribution >= 0.6 is 0 Å². The average molecular weight is 368 g/mol. The zero-order chi connectivity index (χ0) is 18.6. The minimum atomic E-state index is -0.0532. The van der Waals surface area contributed by atoms with Crippen LogP contribution in [0.15, 0.2) is 30.5 Å². The fraction of sp³-hybridized carbons (Fsp3) is 0.524. The Morgan fingerprint density at radius 3 is 2.85 bits per heavy atom. The van der Waals surface area contributed by atoms with Gasteiger partial charge in [-0.05, 0) is 69.0 Å². The van der Waals surface area contributed by atoms with Gasteiger partial charge in [0, 0.05) is 18.2 Å². The molecule has 2 aliphatic heterocycles. The van der Waals surface area contributed by atoms with Gasteiger partial charge in [-0.25, -0.2) is 0 Å². The van der Waals surface area contributed by atoms with Gasteiger partial charge in [0.15, 0.2) is 0 Å². The highest BCUT2D eigenvalue weighted by atomic mass is 16.5. The van der Waals surface area contributed by atoms with Crippen molar-refractivity contribution in [3.8, 4) is 17.0 Å². The minimum Gasteiger partial charge on any atom is -0.497 e. The lowest BCUT2D eigenvalue weighted by Crippen LogP contribution is -2.51. The Labute approximate surface area is 160 Å². The summed E-state index contributed by atoms with van der Waals surface area (Å²) in [5.41, 5.74) is 2.27. The molecule has 2 aromatic rings. The summed E-state index contributed by atoms with van der Waals surface area (Å²) in [5.74, 6) is 1.29. The van der Waals surface area contributed by atoms with Gasteiger partial charge in [-0.2, -0.15) is 5.10 Å². The fourth-order valence-electron chi connectivity index (χ4n) is 4.57. The van der Waals surface area contributed by atoms with E-state index in [-0.39, 0.29) is 5.91 Å². The first-order valence-electron chi connectivity index (χ1n) is 9.96. The molecule has 1 aromatic carbocycles. The first-order chi connectivity index (χ1) is 13.3. The molecule has 0 aliphatic carbocycles. The van der Waals surface area contributed by atoms with E-state index in [2.05, 4.69) is 20.4 Å². The van der Waals surface area contributed by atoms with E-state index in [0.29, 0.717) is 17.5 Å². The number of aromatic amines is 1. The molecule has 2 aliphatic rings. The summed E-state index contributed by atoms with van der Waals surface area (Å²) >= 11 is 0. The smallest absolute Gasteiger partial charge is 0.255 e. The molecule has 144 valence electrons. The van der Waals surface area contributed by atoms with Crippen molar-refractivity contribution in [3.63, 3.8) is 0 Å². The summed E-state index contributed by atoms with van der Waals surface area (Å²) in [6.45, 7) is 3.18. The van der Waals surface area contributed by atoms with E-state index in [9.17, 15) is 4.79 Å². The van der Waals surface area contributed by atoms with Crippen LogP contribution in [0.25, 0.3) is 11.3 Å². The first kappa shape index (κ1) is 18.0. The first-order valence-corrected chi connectivity index (χ1v) is 9.96.